The Labute approximate surface area is 354 Å². The van der Waals surface area contributed by atoms with Crippen molar-refractivity contribution < 1.29 is 29.0 Å². The highest BCUT2D eigenvalue weighted by atomic mass is 16.5. The topological polar surface area (TPSA) is 166 Å². The summed E-state index contributed by atoms with van der Waals surface area (Å²) in [4.78, 5) is 67.2. The van der Waals surface area contributed by atoms with Crippen LogP contribution in [0, 0.1) is 17.8 Å². The maximum absolute atomic E-state index is 14.6. The number of amides is 5. The predicted octanol–water partition coefficient (Wildman–Crippen LogP) is 6.08. The largest absolute Gasteiger partial charge is 0.453 e. The van der Waals surface area contributed by atoms with Gasteiger partial charge in [-0.05, 0) is 71.9 Å². The van der Waals surface area contributed by atoms with Crippen LogP contribution in [0.2, 0.25) is 0 Å². The number of hydrogen-bond donors (Lipinski definition) is 4. The van der Waals surface area contributed by atoms with E-state index in [4.69, 9.17) is 4.74 Å². The molecule has 5 amide bonds. The van der Waals surface area contributed by atoms with E-state index in [0.717, 1.165) is 33.6 Å². The number of nitrogens with zero attached hydrogens (tertiary/aromatic N) is 4. The Morgan fingerprint density at radius 2 is 1.43 bits per heavy atom. The van der Waals surface area contributed by atoms with Crippen LogP contribution in [0.1, 0.15) is 70.3 Å². The van der Waals surface area contributed by atoms with Crippen molar-refractivity contribution in [3.63, 3.8) is 0 Å². The van der Waals surface area contributed by atoms with Crippen molar-refractivity contribution >= 4 is 23.9 Å². The van der Waals surface area contributed by atoms with Crippen LogP contribution in [0.25, 0.3) is 11.3 Å². The molecule has 1 aliphatic heterocycles. The van der Waals surface area contributed by atoms with E-state index in [1.54, 1.807) is 22.2 Å². The Morgan fingerprint density at radius 3 is 2.05 bits per heavy atom. The maximum atomic E-state index is 14.6. The first-order valence-electron chi connectivity index (χ1n) is 20.6. The summed E-state index contributed by atoms with van der Waals surface area (Å²) in [6.45, 7) is 14.4. The molecule has 2 aromatic carbocycles. The lowest BCUT2D eigenvalue weighted by molar-refractivity contribution is -0.131. The van der Waals surface area contributed by atoms with Gasteiger partial charge in [0.15, 0.2) is 0 Å². The number of rotatable bonds is 16. The zero-order valence-electron chi connectivity index (χ0n) is 36.1. The SMILES string of the molecule is COC(=O)NC(C(=O)NC(Cc1ccc(-c2ccccn2)cc1)CC(O)C(Cc1ccccc1)NC(=O)C(N1CCN(Cc2cccnc2C)C1=O)C(C)(C)C)C(C)(C)C. The number of carbonyl (C=O) groups excluding carboxylic acids is 4. The second-order valence-electron chi connectivity index (χ2n) is 17.8. The van der Waals surface area contributed by atoms with Gasteiger partial charge in [-0.3, -0.25) is 19.6 Å². The van der Waals surface area contributed by atoms with Crippen LogP contribution >= 0.6 is 0 Å². The number of urea groups is 1. The lowest BCUT2D eigenvalue weighted by atomic mass is 9.84. The number of aryl methyl sites for hydroxylation is 1. The number of nitrogens with one attached hydrogen (secondary N) is 3. The summed E-state index contributed by atoms with van der Waals surface area (Å²) in [5.74, 6) is -0.818. The van der Waals surface area contributed by atoms with Crippen molar-refractivity contribution in [3.8, 4) is 11.3 Å². The van der Waals surface area contributed by atoms with Gasteiger partial charge >= 0.3 is 12.1 Å². The van der Waals surface area contributed by atoms with Crippen LogP contribution in [0.4, 0.5) is 9.59 Å². The van der Waals surface area contributed by atoms with Gasteiger partial charge in [0.1, 0.15) is 12.1 Å². The van der Waals surface area contributed by atoms with Gasteiger partial charge in [0.25, 0.3) is 0 Å². The van der Waals surface area contributed by atoms with Crippen molar-refractivity contribution in [1.29, 1.82) is 0 Å². The molecule has 320 valence electrons. The Balaban J connectivity index is 1.42. The third-order valence-electron chi connectivity index (χ3n) is 10.9. The zero-order valence-corrected chi connectivity index (χ0v) is 36.1. The lowest BCUT2D eigenvalue weighted by Crippen LogP contribution is -2.59. The van der Waals surface area contributed by atoms with Crippen LogP contribution in [0.15, 0.2) is 97.3 Å². The molecule has 5 rings (SSSR count). The zero-order chi connectivity index (χ0) is 43.6. The molecular weight excluding hydrogens is 759 g/mol. The van der Waals surface area contributed by atoms with E-state index in [9.17, 15) is 24.3 Å². The first kappa shape index (κ1) is 45.3. The fourth-order valence-corrected chi connectivity index (χ4v) is 7.71. The van der Waals surface area contributed by atoms with Crippen LogP contribution < -0.4 is 16.0 Å². The minimum absolute atomic E-state index is 0.0572. The van der Waals surface area contributed by atoms with E-state index in [1.165, 1.54) is 7.11 Å². The fourth-order valence-electron chi connectivity index (χ4n) is 7.71. The molecule has 4 N–H and O–H groups in total. The minimum atomic E-state index is -1.14. The monoisotopic (exact) mass is 819 g/mol. The van der Waals surface area contributed by atoms with Gasteiger partial charge in [0, 0.05) is 49.3 Å². The normalized spacial score (nSPS) is 15.7. The third-order valence-corrected chi connectivity index (χ3v) is 10.9. The summed E-state index contributed by atoms with van der Waals surface area (Å²) in [7, 11) is 1.24. The summed E-state index contributed by atoms with van der Waals surface area (Å²) in [5, 5.41) is 21.2. The van der Waals surface area contributed by atoms with Gasteiger partial charge in [0.05, 0.1) is 24.9 Å². The number of aliphatic hydroxyl groups excluding tert-OH is 1. The van der Waals surface area contributed by atoms with E-state index in [1.807, 2.05) is 133 Å². The molecule has 1 aliphatic rings. The summed E-state index contributed by atoms with van der Waals surface area (Å²) in [5.41, 5.74) is 3.99. The van der Waals surface area contributed by atoms with Crippen LogP contribution in [-0.2, 0) is 33.7 Å². The fraction of sp³-hybridized carbons (Fsp3) is 0.447. The molecule has 4 aromatic rings. The molecule has 0 aliphatic carbocycles. The summed E-state index contributed by atoms with van der Waals surface area (Å²) < 4.78 is 4.84. The van der Waals surface area contributed by atoms with E-state index in [-0.39, 0.29) is 18.4 Å². The summed E-state index contributed by atoms with van der Waals surface area (Å²) in [6, 6.07) is 23.5. The van der Waals surface area contributed by atoms with Crippen LogP contribution in [0.3, 0.4) is 0 Å². The Hall–Kier alpha value is -5.82. The molecule has 5 atom stereocenters. The first-order chi connectivity index (χ1) is 28.4. The van der Waals surface area contributed by atoms with E-state index in [2.05, 4.69) is 25.9 Å². The second-order valence-corrected chi connectivity index (χ2v) is 17.8. The molecule has 60 heavy (non-hydrogen) atoms. The Kier molecular flexibility index (Phi) is 15.1. The minimum Gasteiger partial charge on any atom is -0.453 e. The molecule has 13 nitrogen and oxygen atoms in total. The number of alkyl carbamates (subject to hydrolysis) is 1. The molecule has 0 spiro atoms. The number of hydrogen-bond acceptors (Lipinski definition) is 8. The number of benzene rings is 2. The smallest absolute Gasteiger partial charge is 0.407 e. The van der Waals surface area contributed by atoms with Crippen molar-refractivity contribution in [2.75, 3.05) is 20.2 Å². The van der Waals surface area contributed by atoms with Crippen molar-refractivity contribution in [1.82, 2.24) is 35.7 Å². The maximum Gasteiger partial charge on any atom is 0.407 e. The molecule has 3 heterocycles. The quantitative estimate of drug-likeness (QED) is 0.106. The average Bonchev–Trinajstić information content (AvgIpc) is 3.55. The molecule has 1 saturated heterocycles. The highest BCUT2D eigenvalue weighted by Gasteiger charge is 2.44. The number of aliphatic hydroxyl groups is 1. The van der Waals surface area contributed by atoms with Gasteiger partial charge in [-0.2, -0.15) is 0 Å². The van der Waals surface area contributed by atoms with Gasteiger partial charge in [0.2, 0.25) is 11.8 Å². The van der Waals surface area contributed by atoms with E-state index >= 15 is 0 Å². The molecule has 13 heteroatoms. The Bertz CT molecular complexity index is 2050. The number of aromatic nitrogens is 2. The predicted molar refractivity (Wildman–Crippen MR) is 232 cm³/mol. The molecule has 2 aromatic heterocycles. The molecule has 1 fully saturated rings. The average molecular weight is 820 g/mol. The second kappa shape index (κ2) is 20.0. The number of ether oxygens (including phenoxy) is 1. The summed E-state index contributed by atoms with van der Waals surface area (Å²) in [6.07, 6.45) is 2.26. The number of methoxy groups -OCH3 is 1. The van der Waals surface area contributed by atoms with Crippen LogP contribution in [0.5, 0.6) is 0 Å². The van der Waals surface area contributed by atoms with Gasteiger partial charge in [-0.1, -0.05) is 108 Å². The molecule has 0 bridgehead atoms. The van der Waals surface area contributed by atoms with Gasteiger partial charge in [-0.25, -0.2) is 9.59 Å². The highest BCUT2D eigenvalue weighted by Crippen LogP contribution is 2.30. The third kappa shape index (κ3) is 12.1. The molecule has 5 unspecified atom stereocenters. The summed E-state index contributed by atoms with van der Waals surface area (Å²) >= 11 is 0. The van der Waals surface area contributed by atoms with E-state index in [0.29, 0.717) is 32.5 Å². The molecule has 0 radical (unpaired) electrons. The van der Waals surface area contributed by atoms with Crippen molar-refractivity contribution in [2.45, 2.75) is 105 Å². The van der Waals surface area contributed by atoms with Gasteiger partial charge in [-0.15, -0.1) is 0 Å². The van der Waals surface area contributed by atoms with Gasteiger partial charge < -0.3 is 35.6 Å². The van der Waals surface area contributed by atoms with Crippen molar-refractivity contribution in [3.05, 3.63) is 120 Å². The molecule has 0 saturated carbocycles. The van der Waals surface area contributed by atoms with Crippen molar-refractivity contribution in [2.24, 2.45) is 10.8 Å². The first-order valence-corrected chi connectivity index (χ1v) is 20.6. The number of pyridine rings is 2. The van der Waals surface area contributed by atoms with E-state index < -0.39 is 53.1 Å². The lowest BCUT2D eigenvalue weighted by Gasteiger charge is -2.38. The number of carbonyl (C=O) groups is 4. The Morgan fingerprint density at radius 1 is 0.767 bits per heavy atom. The van der Waals surface area contributed by atoms with Crippen LogP contribution in [-0.4, -0.2) is 99.3 Å². The highest BCUT2D eigenvalue weighted by molar-refractivity contribution is 5.89. The standard InChI is InChI=1S/C47H61N7O6/c1-31-35(17-14-24-48-31)30-53-25-26-54(45(53)59)41(47(5,6)7)43(57)51-38(28-32-15-10-9-11-16-32)39(55)29-36(50-42(56)40(46(2,3)4)52-44(58)60-8)27-33-19-21-34(22-20-33)37-18-12-13-23-49-37/h9-24,36,38-41,55H,25-30H2,1-8H3,(H,50,56)(H,51,57)(H,52,58). The molecular formula is C47H61N7O6.